The van der Waals surface area contributed by atoms with Gasteiger partial charge in [-0.3, -0.25) is 14.9 Å². The standard InChI is InChI=1S/C15H19N3O4.ClH/c16-14-5-4-10-7-17(8-13(10)14)15(19)9-22-12-3-1-2-11(6-12)18(20)21;/h1-3,6,10,13-14H,4-5,7-9,16H2;1H. The number of hydrogen-bond donors (Lipinski definition) is 1. The summed E-state index contributed by atoms with van der Waals surface area (Å²) in [6, 6.07) is 6.05. The molecule has 8 heteroatoms. The molecule has 0 spiro atoms. The van der Waals surface area contributed by atoms with Crippen molar-refractivity contribution in [1.29, 1.82) is 0 Å². The van der Waals surface area contributed by atoms with Crippen LogP contribution in [-0.4, -0.2) is 41.5 Å². The summed E-state index contributed by atoms with van der Waals surface area (Å²) in [5, 5.41) is 10.7. The van der Waals surface area contributed by atoms with Crippen LogP contribution >= 0.6 is 12.4 Å². The highest BCUT2D eigenvalue weighted by Gasteiger charge is 2.42. The number of fused-ring (bicyclic) bond motifs is 1. The molecule has 3 unspecified atom stereocenters. The van der Waals surface area contributed by atoms with Gasteiger partial charge < -0.3 is 15.4 Å². The van der Waals surface area contributed by atoms with Gasteiger partial charge in [0, 0.05) is 25.2 Å². The first-order valence-corrected chi connectivity index (χ1v) is 7.45. The van der Waals surface area contributed by atoms with E-state index in [-0.39, 0.29) is 36.7 Å². The van der Waals surface area contributed by atoms with Crippen molar-refractivity contribution in [3.05, 3.63) is 34.4 Å². The van der Waals surface area contributed by atoms with Crippen LogP contribution in [0.3, 0.4) is 0 Å². The highest BCUT2D eigenvalue weighted by molar-refractivity contribution is 5.85. The summed E-state index contributed by atoms with van der Waals surface area (Å²) in [7, 11) is 0. The summed E-state index contributed by atoms with van der Waals surface area (Å²) in [6.45, 7) is 1.34. The molecule has 1 aliphatic carbocycles. The molecular formula is C15H20ClN3O4. The lowest BCUT2D eigenvalue weighted by Gasteiger charge is -2.18. The average molecular weight is 342 g/mol. The first-order valence-electron chi connectivity index (χ1n) is 7.45. The summed E-state index contributed by atoms with van der Waals surface area (Å²) in [4.78, 5) is 24.2. The number of benzene rings is 1. The number of nitrogens with zero attached hydrogens (tertiary/aromatic N) is 2. The Kier molecular flexibility index (Phi) is 5.43. The number of halogens is 1. The number of nitro benzene ring substituents is 1. The topological polar surface area (TPSA) is 98.7 Å². The molecule has 1 saturated heterocycles. The minimum absolute atomic E-state index is 0. The number of nitrogens with two attached hydrogens (primary N) is 1. The first-order chi connectivity index (χ1) is 10.5. The minimum atomic E-state index is -0.488. The molecule has 1 aliphatic heterocycles. The third-order valence-electron chi connectivity index (χ3n) is 4.66. The molecule has 1 aromatic rings. The molecule has 2 fully saturated rings. The number of ether oxygens (including phenoxy) is 1. The predicted octanol–water partition coefficient (Wildman–Crippen LogP) is 1.59. The first kappa shape index (κ1) is 17.5. The molecule has 23 heavy (non-hydrogen) atoms. The van der Waals surface area contributed by atoms with Crippen LogP contribution in [0, 0.1) is 22.0 Å². The lowest BCUT2D eigenvalue weighted by atomic mass is 9.98. The molecule has 126 valence electrons. The molecule has 7 nitrogen and oxygen atoms in total. The van der Waals surface area contributed by atoms with E-state index >= 15 is 0 Å². The number of likely N-dealkylation sites (tertiary alicyclic amines) is 1. The Balaban J connectivity index is 0.00000192. The highest BCUT2D eigenvalue weighted by Crippen LogP contribution is 2.37. The van der Waals surface area contributed by atoms with Crippen molar-refractivity contribution < 1.29 is 14.5 Å². The van der Waals surface area contributed by atoms with E-state index in [1.54, 1.807) is 11.0 Å². The number of carbonyl (C=O) groups is 1. The van der Waals surface area contributed by atoms with E-state index in [4.69, 9.17) is 10.5 Å². The van der Waals surface area contributed by atoms with Gasteiger partial charge in [0.1, 0.15) is 5.75 Å². The Labute approximate surface area is 140 Å². The van der Waals surface area contributed by atoms with Gasteiger partial charge in [-0.1, -0.05) is 6.07 Å². The Morgan fingerprint density at radius 1 is 1.39 bits per heavy atom. The fourth-order valence-electron chi connectivity index (χ4n) is 3.43. The van der Waals surface area contributed by atoms with Gasteiger partial charge in [-0.25, -0.2) is 0 Å². The van der Waals surface area contributed by atoms with Crippen molar-refractivity contribution >= 4 is 24.0 Å². The molecule has 1 amide bonds. The summed E-state index contributed by atoms with van der Waals surface area (Å²) in [5.41, 5.74) is 6.01. The summed E-state index contributed by atoms with van der Waals surface area (Å²) in [6.07, 6.45) is 2.13. The number of nitro groups is 1. The summed E-state index contributed by atoms with van der Waals surface area (Å²) >= 11 is 0. The molecule has 3 rings (SSSR count). The molecule has 3 atom stereocenters. The van der Waals surface area contributed by atoms with Crippen LogP contribution in [0.1, 0.15) is 12.8 Å². The van der Waals surface area contributed by atoms with E-state index in [2.05, 4.69) is 0 Å². The van der Waals surface area contributed by atoms with Crippen LogP contribution in [0.15, 0.2) is 24.3 Å². The van der Waals surface area contributed by atoms with Crippen molar-refractivity contribution in [2.75, 3.05) is 19.7 Å². The second-order valence-corrected chi connectivity index (χ2v) is 6.01. The number of rotatable bonds is 4. The van der Waals surface area contributed by atoms with E-state index in [9.17, 15) is 14.9 Å². The van der Waals surface area contributed by atoms with Gasteiger partial charge in [0.05, 0.1) is 11.0 Å². The fraction of sp³-hybridized carbons (Fsp3) is 0.533. The van der Waals surface area contributed by atoms with Crippen molar-refractivity contribution in [2.45, 2.75) is 18.9 Å². The number of hydrogen-bond acceptors (Lipinski definition) is 5. The Bertz CT molecular complexity index is 598. The molecule has 1 aromatic carbocycles. The predicted molar refractivity (Wildman–Crippen MR) is 86.6 cm³/mol. The quantitative estimate of drug-likeness (QED) is 0.662. The Hall–Kier alpha value is -1.86. The van der Waals surface area contributed by atoms with Crippen molar-refractivity contribution in [2.24, 2.45) is 17.6 Å². The largest absolute Gasteiger partial charge is 0.484 e. The van der Waals surface area contributed by atoms with Crippen LogP contribution in [0.25, 0.3) is 0 Å². The van der Waals surface area contributed by atoms with Crippen LogP contribution in [-0.2, 0) is 4.79 Å². The average Bonchev–Trinajstić information content (AvgIpc) is 3.08. The highest BCUT2D eigenvalue weighted by atomic mass is 35.5. The van der Waals surface area contributed by atoms with Crippen molar-refractivity contribution in [1.82, 2.24) is 4.90 Å². The van der Waals surface area contributed by atoms with Crippen LogP contribution in [0.2, 0.25) is 0 Å². The normalized spacial score (nSPS) is 25.6. The minimum Gasteiger partial charge on any atom is -0.484 e. The molecule has 1 heterocycles. The van der Waals surface area contributed by atoms with E-state index in [1.807, 2.05) is 0 Å². The van der Waals surface area contributed by atoms with Crippen molar-refractivity contribution in [3.63, 3.8) is 0 Å². The maximum absolute atomic E-state index is 12.2. The van der Waals surface area contributed by atoms with Crippen LogP contribution in [0.4, 0.5) is 5.69 Å². The van der Waals surface area contributed by atoms with Gasteiger partial charge in [-0.2, -0.15) is 0 Å². The number of carbonyl (C=O) groups excluding carboxylic acids is 1. The molecule has 0 bridgehead atoms. The lowest BCUT2D eigenvalue weighted by molar-refractivity contribution is -0.384. The maximum Gasteiger partial charge on any atom is 0.273 e. The Morgan fingerprint density at radius 2 is 2.17 bits per heavy atom. The lowest BCUT2D eigenvalue weighted by Crippen LogP contribution is -2.36. The molecule has 1 saturated carbocycles. The van der Waals surface area contributed by atoms with Gasteiger partial charge in [-0.15, -0.1) is 12.4 Å². The second-order valence-electron chi connectivity index (χ2n) is 6.01. The molecular weight excluding hydrogens is 322 g/mol. The van der Waals surface area contributed by atoms with Crippen LogP contribution in [0.5, 0.6) is 5.75 Å². The zero-order valence-electron chi connectivity index (χ0n) is 12.6. The smallest absolute Gasteiger partial charge is 0.273 e. The van der Waals surface area contributed by atoms with Crippen LogP contribution < -0.4 is 10.5 Å². The third-order valence-corrected chi connectivity index (χ3v) is 4.66. The third kappa shape index (κ3) is 3.73. The van der Waals surface area contributed by atoms with E-state index < -0.39 is 4.92 Å². The molecule has 2 N–H and O–H groups in total. The van der Waals surface area contributed by atoms with E-state index in [0.717, 1.165) is 19.4 Å². The van der Waals surface area contributed by atoms with Gasteiger partial charge in [0.25, 0.3) is 11.6 Å². The SMILES string of the molecule is Cl.NC1CCC2CN(C(=O)COc3cccc([N+](=O)[O-])c3)CC12. The summed E-state index contributed by atoms with van der Waals surface area (Å²) in [5.74, 6) is 1.16. The number of amides is 1. The van der Waals surface area contributed by atoms with Crippen molar-refractivity contribution in [3.8, 4) is 5.75 Å². The van der Waals surface area contributed by atoms with Gasteiger partial charge >= 0.3 is 0 Å². The van der Waals surface area contributed by atoms with Gasteiger partial charge in [0.2, 0.25) is 0 Å². The summed E-state index contributed by atoms with van der Waals surface area (Å²) < 4.78 is 5.39. The maximum atomic E-state index is 12.2. The van der Waals surface area contributed by atoms with E-state index in [0.29, 0.717) is 24.1 Å². The van der Waals surface area contributed by atoms with Gasteiger partial charge in [0.15, 0.2) is 6.61 Å². The monoisotopic (exact) mass is 341 g/mol. The zero-order valence-corrected chi connectivity index (χ0v) is 13.4. The van der Waals surface area contributed by atoms with Gasteiger partial charge in [-0.05, 0) is 30.7 Å². The zero-order chi connectivity index (χ0) is 15.7. The van der Waals surface area contributed by atoms with E-state index in [1.165, 1.54) is 18.2 Å². The molecule has 2 aliphatic rings. The molecule has 0 radical (unpaired) electrons. The molecule has 0 aromatic heterocycles. The fourth-order valence-corrected chi connectivity index (χ4v) is 3.43. The number of non-ortho nitro benzene ring substituents is 1. The Morgan fingerprint density at radius 3 is 2.87 bits per heavy atom. The second kappa shape index (κ2) is 7.14.